The Morgan fingerprint density at radius 3 is 2.45 bits per heavy atom. The molecule has 0 unspecified atom stereocenters. The van der Waals surface area contributed by atoms with E-state index in [-0.39, 0.29) is 5.91 Å². The van der Waals surface area contributed by atoms with Gasteiger partial charge in [0, 0.05) is 37.0 Å². The second kappa shape index (κ2) is 7.83. The van der Waals surface area contributed by atoms with Crippen LogP contribution >= 0.6 is 0 Å². The number of fused-ring (bicyclic) bond motifs is 1. The molecule has 0 aliphatic carbocycles. The van der Waals surface area contributed by atoms with E-state index in [0.29, 0.717) is 18.5 Å². The Morgan fingerprint density at radius 2 is 1.76 bits per heavy atom. The minimum absolute atomic E-state index is 0.0861. The van der Waals surface area contributed by atoms with E-state index in [2.05, 4.69) is 38.6 Å². The minimum atomic E-state index is -0.0861. The summed E-state index contributed by atoms with van der Waals surface area (Å²) < 4.78 is 1.72. The molecule has 4 aromatic rings. The van der Waals surface area contributed by atoms with Gasteiger partial charge in [-0.15, -0.1) is 0 Å². The third-order valence-electron chi connectivity index (χ3n) is 5.00. The molecule has 1 N–H and O–H groups in total. The van der Waals surface area contributed by atoms with Crippen LogP contribution in [0.15, 0.2) is 54.9 Å². The number of hydrogen-bond acceptors (Lipinski definition) is 4. The van der Waals surface area contributed by atoms with Gasteiger partial charge in [0.25, 0.3) is 5.91 Å². The molecule has 0 bridgehead atoms. The van der Waals surface area contributed by atoms with Gasteiger partial charge >= 0.3 is 0 Å². The number of carbonyl (C=O) groups is 1. The van der Waals surface area contributed by atoms with Crippen molar-refractivity contribution < 1.29 is 4.79 Å². The molecule has 4 rings (SSSR count). The lowest BCUT2D eigenvalue weighted by molar-refractivity contribution is 0.0955. The fourth-order valence-corrected chi connectivity index (χ4v) is 3.67. The summed E-state index contributed by atoms with van der Waals surface area (Å²) in [6.45, 7) is 4.50. The van der Waals surface area contributed by atoms with Gasteiger partial charge in [-0.25, -0.2) is 4.98 Å². The second-order valence-corrected chi connectivity index (χ2v) is 7.15. The molecule has 1 amide bonds. The summed E-state index contributed by atoms with van der Waals surface area (Å²) >= 11 is 0. The van der Waals surface area contributed by atoms with Crippen LogP contribution in [0.5, 0.6) is 0 Å². The Kier molecular flexibility index (Phi) is 5.08. The molecule has 2 heterocycles. The third kappa shape index (κ3) is 3.87. The highest BCUT2D eigenvalue weighted by atomic mass is 16.1. The summed E-state index contributed by atoms with van der Waals surface area (Å²) in [6, 6.07) is 16.1. The van der Waals surface area contributed by atoms with Gasteiger partial charge in [-0.3, -0.25) is 14.5 Å². The number of benzene rings is 2. The minimum Gasteiger partial charge on any atom is -0.352 e. The second-order valence-electron chi connectivity index (χ2n) is 7.15. The molecule has 0 spiro atoms. The Morgan fingerprint density at radius 1 is 1.03 bits per heavy atom. The van der Waals surface area contributed by atoms with E-state index in [4.69, 9.17) is 0 Å². The zero-order chi connectivity index (χ0) is 20.4. The van der Waals surface area contributed by atoms with Crippen LogP contribution in [-0.4, -0.2) is 32.2 Å². The largest absolute Gasteiger partial charge is 0.352 e. The van der Waals surface area contributed by atoms with Crippen LogP contribution in [0.2, 0.25) is 0 Å². The van der Waals surface area contributed by atoms with E-state index >= 15 is 0 Å². The first-order valence-electron chi connectivity index (χ1n) is 9.61. The molecule has 0 aliphatic rings. The number of nitrogens with zero attached hydrogens (tertiary/aromatic N) is 4. The molecule has 2 aromatic heterocycles. The summed E-state index contributed by atoms with van der Waals surface area (Å²) in [5.41, 5.74) is 4.85. The molecule has 6 heteroatoms. The van der Waals surface area contributed by atoms with Crippen LogP contribution in [0.1, 0.15) is 27.6 Å². The van der Waals surface area contributed by atoms with Gasteiger partial charge < -0.3 is 5.32 Å². The van der Waals surface area contributed by atoms with Crippen molar-refractivity contribution in [3.05, 3.63) is 77.6 Å². The van der Waals surface area contributed by atoms with Gasteiger partial charge in [-0.1, -0.05) is 30.3 Å². The molecular weight excluding hydrogens is 362 g/mol. The van der Waals surface area contributed by atoms with Gasteiger partial charge in [-0.05, 0) is 53.9 Å². The maximum atomic E-state index is 12.9. The van der Waals surface area contributed by atoms with Crippen molar-refractivity contribution >= 4 is 16.7 Å². The SMILES string of the molecule is Cc1cc(-c2ccc(C(=O)NCCc3ncnn3C)c3ccccc23)cc(C)n1. The highest BCUT2D eigenvalue weighted by Gasteiger charge is 2.14. The quantitative estimate of drug-likeness (QED) is 0.569. The molecule has 0 fully saturated rings. The lowest BCUT2D eigenvalue weighted by atomic mass is 9.94. The van der Waals surface area contributed by atoms with Gasteiger partial charge in [0.1, 0.15) is 12.2 Å². The van der Waals surface area contributed by atoms with Crippen LogP contribution in [-0.2, 0) is 13.5 Å². The normalized spacial score (nSPS) is 11.0. The molecule has 146 valence electrons. The van der Waals surface area contributed by atoms with Crippen molar-refractivity contribution in [3.8, 4) is 11.1 Å². The van der Waals surface area contributed by atoms with E-state index in [1.807, 2.05) is 51.2 Å². The van der Waals surface area contributed by atoms with E-state index in [9.17, 15) is 4.79 Å². The van der Waals surface area contributed by atoms with Crippen molar-refractivity contribution in [3.63, 3.8) is 0 Å². The molecule has 0 atom stereocenters. The van der Waals surface area contributed by atoms with Crippen LogP contribution < -0.4 is 5.32 Å². The number of nitrogens with one attached hydrogen (secondary N) is 1. The molecule has 0 saturated heterocycles. The summed E-state index contributed by atoms with van der Waals surface area (Å²) in [5.74, 6) is 0.756. The molecular formula is C23H23N5O. The molecule has 2 aromatic carbocycles. The zero-order valence-electron chi connectivity index (χ0n) is 16.8. The van der Waals surface area contributed by atoms with Crippen molar-refractivity contribution in [2.45, 2.75) is 20.3 Å². The molecule has 0 aliphatic heterocycles. The lowest BCUT2D eigenvalue weighted by Gasteiger charge is -2.13. The number of aromatic nitrogens is 4. The standard InChI is InChI=1S/C23H23N5O/c1-15-12-17(13-16(2)27-15)18-8-9-21(20-7-5-4-6-19(18)20)23(29)24-11-10-22-25-14-26-28(22)3/h4-9,12-14H,10-11H2,1-3H3,(H,24,29). The van der Waals surface area contributed by atoms with Crippen molar-refractivity contribution in [2.75, 3.05) is 6.54 Å². The molecule has 29 heavy (non-hydrogen) atoms. The van der Waals surface area contributed by atoms with Crippen molar-refractivity contribution in [2.24, 2.45) is 7.05 Å². The molecule has 0 saturated carbocycles. The van der Waals surface area contributed by atoms with Crippen LogP contribution in [0.25, 0.3) is 21.9 Å². The first-order valence-corrected chi connectivity index (χ1v) is 9.61. The monoisotopic (exact) mass is 385 g/mol. The number of amides is 1. The summed E-state index contributed by atoms with van der Waals surface area (Å²) in [7, 11) is 1.85. The summed E-state index contributed by atoms with van der Waals surface area (Å²) in [6.07, 6.45) is 2.15. The van der Waals surface area contributed by atoms with E-state index in [1.54, 1.807) is 4.68 Å². The van der Waals surface area contributed by atoms with Gasteiger partial charge in [-0.2, -0.15) is 5.10 Å². The van der Waals surface area contributed by atoms with Gasteiger partial charge in [0.05, 0.1) is 0 Å². The Hall–Kier alpha value is -3.54. The van der Waals surface area contributed by atoms with Gasteiger partial charge in [0.2, 0.25) is 0 Å². The first kappa shape index (κ1) is 18.8. The highest BCUT2D eigenvalue weighted by Crippen LogP contribution is 2.31. The smallest absolute Gasteiger partial charge is 0.251 e. The number of pyridine rings is 1. The topological polar surface area (TPSA) is 72.7 Å². The maximum absolute atomic E-state index is 12.9. The zero-order valence-corrected chi connectivity index (χ0v) is 16.8. The molecule has 6 nitrogen and oxygen atoms in total. The number of aryl methyl sites for hydroxylation is 3. The van der Waals surface area contributed by atoms with Crippen LogP contribution in [0, 0.1) is 13.8 Å². The Labute approximate surface area is 169 Å². The van der Waals surface area contributed by atoms with Crippen LogP contribution in [0.3, 0.4) is 0 Å². The summed E-state index contributed by atoms with van der Waals surface area (Å²) in [5, 5.41) is 9.05. The number of hydrogen-bond donors (Lipinski definition) is 1. The lowest BCUT2D eigenvalue weighted by Crippen LogP contribution is -2.26. The van der Waals surface area contributed by atoms with E-state index < -0.39 is 0 Å². The number of carbonyl (C=O) groups excluding carboxylic acids is 1. The summed E-state index contributed by atoms with van der Waals surface area (Å²) in [4.78, 5) is 21.5. The maximum Gasteiger partial charge on any atom is 0.251 e. The predicted octanol–water partition coefficient (Wildman–Crippen LogP) is 3.62. The average Bonchev–Trinajstić information content (AvgIpc) is 3.11. The third-order valence-corrected chi connectivity index (χ3v) is 5.00. The van der Waals surface area contributed by atoms with Crippen molar-refractivity contribution in [1.29, 1.82) is 0 Å². The predicted molar refractivity (Wildman–Crippen MR) is 114 cm³/mol. The Balaban J connectivity index is 1.64. The molecule has 0 radical (unpaired) electrons. The van der Waals surface area contributed by atoms with E-state index in [0.717, 1.165) is 39.1 Å². The average molecular weight is 385 g/mol. The van der Waals surface area contributed by atoms with Crippen molar-refractivity contribution in [1.82, 2.24) is 25.1 Å². The first-order chi connectivity index (χ1) is 14.0. The Bertz CT molecular complexity index is 1170. The van der Waals surface area contributed by atoms with Gasteiger partial charge in [0.15, 0.2) is 0 Å². The fraction of sp³-hybridized carbons (Fsp3) is 0.217. The number of rotatable bonds is 5. The van der Waals surface area contributed by atoms with E-state index in [1.165, 1.54) is 6.33 Å². The fourth-order valence-electron chi connectivity index (χ4n) is 3.67. The highest BCUT2D eigenvalue weighted by molar-refractivity contribution is 6.11. The van der Waals surface area contributed by atoms with Crippen LogP contribution in [0.4, 0.5) is 0 Å².